The molecule has 0 unspecified atom stereocenters. The van der Waals surface area contributed by atoms with Gasteiger partial charge >= 0.3 is 0 Å². The van der Waals surface area contributed by atoms with Crippen LogP contribution in [-0.2, 0) is 13.1 Å². The van der Waals surface area contributed by atoms with Crippen LogP contribution in [0.3, 0.4) is 0 Å². The molecule has 5 nitrogen and oxygen atoms in total. The van der Waals surface area contributed by atoms with Crippen molar-refractivity contribution in [1.82, 2.24) is 9.88 Å². The standard InChI is InChI=1S/C32H28N2O3/c1-36-30-18-17-25(19-31(30)37-2)29-20-27(26-15-9-10-16-28(26)33-29)32(35)34(21-23-11-5-3-6-12-23)22-24-13-7-4-8-14-24/h3-20H,21-22H2,1-2H3. The van der Waals surface area contributed by atoms with E-state index in [0.29, 0.717) is 35.8 Å². The van der Waals surface area contributed by atoms with Crippen LogP contribution in [0.1, 0.15) is 21.5 Å². The SMILES string of the molecule is COc1ccc(-c2cc(C(=O)N(Cc3ccccc3)Cc3ccccc3)c3ccccc3n2)cc1OC. The average molecular weight is 489 g/mol. The van der Waals surface area contributed by atoms with Crippen LogP contribution in [0.15, 0.2) is 109 Å². The van der Waals surface area contributed by atoms with Crippen molar-refractivity contribution in [3.63, 3.8) is 0 Å². The molecule has 0 aliphatic rings. The largest absolute Gasteiger partial charge is 0.493 e. The first kappa shape index (κ1) is 24.1. The second-order valence-electron chi connectivity index (χ2n) is 8.77. The molecule has 5 rings (SSSR count). The third kappa shape index (κ3) is 5.31. The Morgan fingerprint density at radius 2 is 1.30 bits per heavy atom. The molecule has 5 aromatic rings. The van der Waals surface area contributed by atoms with Crippen molar-refractivity contribution in [2.45, 2.75) is 13.1 Å². The van der Waals surface area contributed by atoms with Crippen LogP contribution in [0.25, 0.3) is 22.2 Å². The first-order valence-corrected chi connectivity index (χ1v) is 12.2. The molecule has 0 aliphatic heterocycles. The first-order chi connectivity index (χ1) is 18.2. The molecule has 0 N–H and O–H groups in total. The average Bonchev–Trinajstić information content (AvgIpc) is 2.96. The van der Waals surface area contributed by atoms with E-state index in [-0.39, 0.29) is 5.91 Å². The summed E-state index contributed by atoms with van der Waals surface area (Å²) < 4.78 is 10.9. The number of rotatable bonds is 8. The van der Waals surface area contributed by atoms with Gasteiger partial charge in [0, 0.05) is 24.0 Å². The molecule has 4 aromatic carbocycles. The molecule has 1 amide bonds. The summed E-state index contributed by atoms with van der Waals surface area (Å²) >= 11 is 0. The van der Waals surface area contributed by atoms with Crippen LogP contribution in [0.2, 0.25) is 0 Å². The van der Waals surface area contributed by atoms with Crippen LogP contribution in [-0.4, -0.2) is 30.0 Å². The fourth-order valence-corrected chi connectivity index (χ4v) is 4.47. The summed E-state index contributed by atoms with van der Waals surface area (Å²) in [6.07, 6.45) is 0. The molecule has 0 spiro atoms. The van der Waals surface area contributed by atoms with Gasteiger partial charge in [0.1, 0.15) is 0 Å². The second-order valence-corrected chi connectivity index (χ2v) is 8.77. The monoisotopic (exact) mass is 488 g/mol. The van der Waals surface area contributed by atoms with Gasteiger partial charge in [-0.1, -0.05) is 78.9 Å². The zero-order chi connectivity index (χ0) is 25.6. The quantitative estimate of drug-likeness (QED) is 0.242. The molecule has 37 heavy (non-hydrogen) atoms. The third-order valence-corrected chi connectivity index (χ3v) is 6.35. The number of ether oxygens (including phenoxy) is 2. The lowest BCUT2D eigenvalue weighted by atomic mass is 10.0. The van der Waals surface area contributed by atoms with E-state index in [1.807, 2.05) is 114 Å². The molecule has 0 aliphatic carbocycles. The summed E-state index contributed by atoms with van der Waals surface area (Å²) in [5, 5.41) is 0.822. The predicted octanol–water partition coefficient (Wildman–Crippen LogP) is 6.76. The molecule has 0 atom stereocenters. The van der Waals surface area contributed by atoms with Gasteiger partial charge < -0.3 is 14.4 Å². The van der Waals surface area contributed by atoms with E-state index in [4.69, 9.17) is 14.5 Å². The fourth-order valence-electron chi connectivity index (χ4n) is 4.47. The molecule has 0 radical (unpaired) electrons. The Labute approximate surface area is 216 Å². The van der Waals surface area contributed by atoms with Gasteiger partial charge in [-0.2, -0.15) is 0 Å². The Hall–Kier alpha value is -4.64. The minimum absolute atomic E-state index is 0.0481. The molecule has 0 bridgehead atoms. The van der Waals surface area contributed by atoms with Crippen molar-refractivity contribution in [1.29, 1.82) is 0 Å². The van der Waals surface area contributed by atoms with Crippen molar-refractivity contribution in [3.8, 4) is 22.8 Å². The Balaban J connectivity index is 1.60. The first-order valence-electron chi connectivity index (χ1n) is 12.2. The van der Waals surface area contributed by atoms with Crippen molar-refractivity contribution in [2.75, 3.05) is 14.2 Å². The second kappa shape index (κ2) is 11.0. The van der Waals surface area contributed by atoms with E-state index in [2.05, 4.69) is 0 Å². The van der Waals surface area contributed by atoms with Gasteiger partial charge in [-0.05, 0) is 41.5 Å². The highest BCUT2D eigenvalue weighted by molar-refractivity contribution is 6.07. The molecule has 0 saturated heterocycles. The van der Waals surface area contributed by atoms with Crippen molar-refractivity contribution in [2.24, 2.45) is 0 Å². The summed E-state index contributed by atoms with van der Waals surface area (Å²) in [4.78, 5) is 21.0. The number of benzene rings is 4. The van der Waals surface area contributed by atoms with E-state index in [9.17, 15) is 4.79 Å². The van der Waals surface area contributed by atoms with Gasteiger partial charge in [-0.25, -0.2) is 4.98 Å². The van der Waals surface area contributed by atoms with Crippen LogP contribution >= 0.6 is 0 Å². The molecule has 184 valence electrons. The Bertz CT molecular complexity index is 1480. The Kier molecular flexibility index (Phi) is 7.13. The van der Waals surface area contributed by atoms with E-state index < -0.39 is 0 Å². The van der Waals surface area contributed by atoms with Gasteiger partial charge in [0.25, 0.3) is 5.91 Å². The van der Waals surface area contributed by atoms with Crippen LogP contribution in [0, 0.1) is 0 Å². The number of methoxy groups -OCH3 is 2. The number of carbonyl (C=O) groups is 1. The zero-order valence-corrected chi connectivity index (χ0v) is 20.9. The number of carbonyl (C=O) groups excluding carboxylic acids is 1. The lowest BCUT2D eigenvalue weighted by Gasteiger charge is -2.24. The number of hydrogen-bond acceptors (Lipinski definition) is 4. The number of aromatic nitrogens is 1. The number of fused-ring (bicyclic) bond motifs is 1. The molecule has 0 saturated carbocycles. The smallest absolute Gasteiger partial charge is 0.255 e. The topological polar surface area (TPSA) is 51.7 Å². The van der Waals surface area contributed by atoms with Crippen molar-refractivity contribution < 1.29 is 14.3 Å². The lowest BCUT2D eigenvalue weighted by Crippen LogP contribution is -2.30. The minimum Gasteiger partial charge on any atom is -0.493 e. The Morgan fingerprint density at radius 1 is 0.703 bits per heavy atom. The minimum atomic E-state index is -0.0481. The van der Waals surface area contributed by atoms with E-state index >= 15 is 0 Å². The summed E-state index contributed by atoms with van der Waals surface area (Å²) in [7, 11) is 3.21. The number of amides is 1. The highest BCUT2D eigenvalue weighted by Gasteiger charge is 2.21. The van der Waals surface area contributed by atoms with Gasteiger partial charge in [-0.15, -0.1) is 0 Å². The fraction of sp³-hybridized carbons (Fsp3) is 0.125. The summed E-state index contributed by atoms with van der Waals surface area (Å²) in [5.41, 5.74) is 5.06. The summed E-state index contributed by atoms with van der Waals surface area (Å²) in [6, 6.07) is 35.5. The van der Waals surface area contributed by atoms with E-state index in [0.717, 1.165) is 27.6 Å². The van der Waals surface area contributed by atoms with Crippen molar-refractivity contribution >= 4 is 16.8 Å². The van der Waals surface area contributed by atoms with Crippen molar-refractivity contribution in [3.05, 3.63) is 126 Å². The van der Waals surface area contributed by atoms with Crippen LogP contribution in [0.4, 0.5) is 0 Å². The number of pyridine rings is 1. The van der Waals surface area contributed by atoms with Gasteiger partial charge in [0.2, 0.25) is 0 Å². The summed E-state index contributed by atoms with van der Waals surface area (Å²) in [5.74, 6) is 1.20. The molecule has 1 aromatic heterocycles. The van der Waals surface area contributed by atoms with Gasteiger partial charge in [0.05, 0.1) is 31.0 Å². The number of para-hydroxylation sites is 1. The highest BCUT2D eigenvalue weighted by Crippen LogP contribution is 2.33. The predicted molar refractivity (Wildman–Crippen MR) is 147 cm³/mol. The highest BCUT2D eigenvalue weighted by atomic mass is 16.5. The molecular weight excluding hydrogens is 460 g/mol. The maximum atomic E-state index is 14.2. The summed E-state index contributed by atoms with van der Waals surface area (Å²) in [6.45, 7) is 0.994. The maximum Gasteiger partial charge on any atom is 0.255 e. The molecular formula is C32H28N2O3. The Morgan fingerprint density at radius 3 is 1.92 bits per heavy atom. The van der Waals surface area contributed by atoms with Crippen LogP contribution in [0.5, 0.6) is 11.5 Å². The van der Waals surface area contributed by atoms with Gasteiger partial charge in [0.15, 0.2) is 11.5 Å². The molecule has 0 fully saturated rings. The van der Waals surface area contributed by atoms with E-state index in [1.165, 1.54) is 0 Å². The normalized spacial score (nSPS) is 10.8. The molecule has 1 heterocycles. The molecule has 5 heteroatoms. The van der Waals surface area contributed by atoms with Gasteiger partial charge in [-0.3, -0.25) is 4.79 Å². The number of hydrogen-bond donors (Lipinski definition) is 0. The van der Waals surface area contributed by atoms with E-state index in [1.54, 1.807) is 14.2 Å². The number of nitrogens with zero attached hydrogens (tertiary/aromatic N) is 2. The third-order valence-electron chi connectivity index (χ3n) is 6.35. The van der Waals surface area contributed by atoms with Crippen LogP contribution < -0.4 is 9.47 Å². The lowest BCUT2D eigenvalue weighted by molar-refractivity contribution is 0.0732. The maximum absolute atomic E-state index is 14.2. The zero-order valence-electron chi connectivity index (χ0n) is 20.9.